The van der Waals surface area contributed by atoms with Crippen LogP contribution in [0.1, 0.15) is 31.7 Å². The molecular formula is C14H20ClFN2O. The Hall–Kier alpha value is -1.13. The number of halogens is 2. The first-order chi connectivity index (χ1) is 8.57. The number of benzene rings is 1. The van der Waals surface area contributed by atoms with Crippen LogP contribution < -0.4 is 10.6 Å². The Morgan fingerprint density at radius 2 is 2.26 bits per heavy atom. The van der Waals surface area contributed by atoms with Gasteiger partial charge in [-0.05, 0) is 50.4 Å². The molecule has 0 bridgehead atoms. The molecule has 1 saturated heterocycles. The van der Waals surface area contributed by atoms with Crippen LogP contribution in [0.25, 0.3) is 0 Å². The molecule has 1 atom stereocenters. The third-order valence-corrected chi connectivity index (χ3v) is 3.65. The van der Waals surface area contributed by atoms with Crippen LogP contribution >= 0.6 is 12.4 Å². The fourth-order valence-corrected chi connectivity index (χ4v) is 2.43. The summed E-state index contributed by atoms with van der Waals surface area (Å²) in [6.07, 6.45) is 2.51. The molecule has 0 aliphatic carbocycles. The summed E-state index contributed by atoms with van der Waals surface area (Å²) in [5.41, 5.74) is 0.568. The summed E-state index contributed by atoms with van der Waals surface area (Å²) in [7, 11) is 0. The number of carbonyl (C=O) groups excluding carboxylic acids is 1. The smallest absolute Gasteiger partial charge is 0.244 e. The minimum atomic E-state index is -0.530. The van der Waals surface area contributed by atoms with Gasteiger partial charge in [0.05, 0.1) is 11.2 Å². The molecule has 19 heavy (non-hydrogen) atoms. The van der Waals surface area contributed by atoms with Crippen LogP contribution in [0.3, 0.4) is 0 Å². The highest BCUT2D eigenvalue weighted by Crippen LogP contribution is 2.25. The van der Waals surface area contributed by atoms with E-state index in [1.807, 2.05) is 13.8 Å². The van der Waals surface area contributed by atoms with Gasteiger partial charge in [0, 0.05) is 0 Å². The van der Waals surface area contributed by atoms with Crippen molar-refractivity contribution in [3.63, 3.8) is 0 Å². The Balaban J connectivity index is 0.00000180. The molecule has 1 aliphatic heterocycles. The van der Waals surface area contributed by atoms with Crippen LogP contribution in [-0.4, -0.2) is 18.0 Å². The SMILES string of the molecule is CCC1(C(=O)Nc2ccc(C)cc2F)CCCN1.Cl. The first kappa shape index (κ1) is 15.9. The molecule has 0 aromatic heterocycles. The predicted octanol–water partition coefficient (Wildman–Crippen LogP) is 3.03. The first-order valence-corrected chi connectivity index (χ1v) is 6.40. The van der Waals surface area contributed by atoms with Gasteiger partial charge in [-0.1, -0.05) is 13.0 Å². The zero-order valence-corrected chi connectivity index (χ0v) is 12.1. The average molecular weight is 287 g/mol. The normalized spacial score (nSPS) is 21.8. The fraction of sp³-hybridized carbons (Fsp3) is 0.500. The lowest BCUT2D eigenvalue weighted by Crippen LogP contribution is -2.50. The van der Waals surface area contributed by atoms with Gasteiger partial charge in [0.25, 0.3) is 0 Å². The lowest BCUT2D eigenvalue weighted by atomic mass is 9.93. The lowest BCUT2D eigenvalue weighted by molar-refractivity contribution is -0.122. The Kier molecular flexibility index (Phi) is 5.32. The van der Waals surface area contributed by atoms with Gasteiger partial charge in [0.1, 0.15) is 5.82 Å². The minimum Gasteiger partial charge on any atom is -0.322 e. The Morgan fingerprint density at radius 3 is 2.79 bits per heavy atom. The monoisotopic (exact) mass is 286 g/mol. The summed E-state index contributed by atoms with van der Waals surface area (Å²) in [6, 6.07) is 4.83. The van der Waals surface area contributed by atoms with E-state index < -0.39 is 5.54 Å². The van der Waals surface area contributed by atoms with Gasteiger partial charge in [0.15, 0.2) is 0 Å². The van der Waals surface area contributed by atoms with Crippen molar-refractivity contribution in [1.29, 1.82) is 0 Å². The second kappa shape index (κ2) is 6.35. The maximum atomic E-state index is 13.7. The Morgan fingerprint density at radius 1 is 1.53 bits per heavy atom. The lowest BCUT2D eigenvalue weighted by Gasteiger charge is -2.26. The highest BCUT2D eigenvalue weighted by Gasteiger charge is 2.39. The topological polar surface area (TPSA) is 41.1 Å². The maximum Gasteiger partial charge on any atom is 0.244 e. The predicted molar refractivity (Wildman–Crippen MR) is 77.3 cm³/mol. The largest absolute Gasteiger partial charge is 0.322 e. The van der Waals surface area contributed by atoms with Gasteiger partial charge in [0.2, 0.25) is 5.91 Å². The molecule has 1 aliphatic rings. The molecule has 1 aromatic rings. The number of aryl methyl sites for hydroxylation is 1. The number of hydrogen-bond acceptors (Lipinski definition) is 2. The average Bonchev–Trinajstić information content (AvgIpc) is 2.82. The minimum absolute atomic E-state index is 0. The molecule has 2 rings (SSSR count). The van der Waals surface area contributed by atoms with Gasteiger partial charge in [-0.15, -0.1) is 12.4 Å². The van der Waals surface area contributed by atoms with Gasteiger partial charge >= 0.3 is 0 Å². The first-order valence-electron chi connectivity index (χ1n) is 6.40. The summed E-state index contributed by atoms with van der Waals surface area (Å²) in [5.74, 6) is -0.516. The van der Waals surface area contributed by atoms with Crippen LogP contribution in [0.5, 0.6) is 0 Å². The van der Waals surface area contributed by atoms with E-state index in [2.05, 4.69) is 10.6 Å². The molecule has 1 heterocycles. The summed E-state index contributed by atoms with van der Waals surface area (Å²) in [5, 5.41) is 5.93. The van der Waals surface area contributed by atoms with E-state index in [0.717, 1.165) is 24.9 Å². The second-order valence-electron chi connectivity index (χ2n) is 4.90. The molecule has 0 saturated carbocycles. The third kappa shape index (κ3) is 3.25. The third-order valence-electron chi connectivity index (χ3n) is 3.65. The molecule has 2 N–H and O–H groups in total. The summed E-state index contributed by atoms with van der Waals surface area (Å²) >= 11 is 0. The molecule has 1 unspecified atom stereocenters. The molecule has 3 nitrogen and oxygen atoms in total. The number of nitrogens with one attached hydrogen (secondary N) is 2. The molecule has 5 heteroatoms. The van der Waals surface area contributed by atoms with Crippen molar-refractivity contribution in [2.24, 2.45) is 0 Å². The van der Waals surface area contributed by atoms with E-state index in [1.54, 1.807) is 12.1 Å². The fourth-order valence-electron chi connectivity index (χ4n) is 2.43. The molecule has 1 aromatic carbocycles. The van der Waals surface area contributed by atoms with E-state index in [-0.39, 0.29) is 29.8 Å². The summed E-state index contributed by atoms with van der Waals surface area (Å²) < 4.78 is 13.7. The summed E-state index contributed by atoms with van der Waals surface area (Å²) in [4.78, 5) is 12.3. The number of hydrogen-bond donors (Lipinski definition) is 2. The molecule has 1 amide bonds. The van der Waals surface area contributed by atoms with E-state index in [0.29, 0.717) is 6.42 Å². The van der Waals surface area contributed by atoms with Crippen LogP contribution in [-0.2, 0) is 4.79 Å². The van der Waals surface area contributed by atoms with Crippen molar-refractivity contribution in [3.05, 3.63) is 29.6 Å². The van der Waals surface area contributed by atoms with Gasteiger partial charge < -0.3 is 10.6 Å². The molecule has 0 spiro atoms. The quantitative estimate of drug-likeness (QED) is 0.897. The number of carbonyl (C=O) groups is 1. The Bertz CT molecular complexity index is 459. The second-order valence-corrected chi connectivity index (χ2v) is 4.90. The van der Waals surface area contributed by atoms with Crippen LogP contribution in [0, 0.1) is 12.7 Å². The molecule has 106 valence electrons. The van der Waals surface area contributed by atoms with Crippen LogP contribution in [0.2, 0.25) is 0 Å². The van der Waals surface area contributed by atoms with Crippen molar-refractivity contribution in [2.45, 2.75) is 38.6 Å². The maximum absolute atomic E-state index is 13.7. The van der Waals surface area contributed by atoms with Crippen molar-refractivity contribution < 1.29 is 9.18 Å². The van der Waals surface area contributed by atoms with E-state index in [9.17, 15) is 9.18 Å². The summed E-state index contributed by atoms with van der Waals surface area (Å²) in [6.45, 7) is 4.64. The highest BCUT2D eigenvalue weighted by molar-refractivity contribution is 5.98. The highest BCUT2D eigenvalue weighted by atomic mass is 35.5. The number of anilines is 1. The number of rotatable bonds is 3. The van der Waals surface area contributed by atoms with E-state index in [4.69, 9.17) is 0 Å². The molecular weight excluding hydrogens is 267 g/mol. The number of amides is 1. The standard InChI is InChI=1S/C14H19FN2O.ClH/c1-3-14(7-4-8-16-14)13(18)17-12-6-5-10(2)9-11(12)15;/h5-6,9,16H,3-4,7-8H2,1-2H3,(H,17,18);1H. The Labute approximate surface area is 119 Å². The molecule has 1 fully saturated rings. The van der Waals surface area contributed by atoms with Gasteiger partial charge in [-0.3, -0.25) is 4.79 Å². The zero-order chi connectivity index (χ0) is 13.2. The molecule has 0 radical (unpaired) electrons. The zero-order valence-electron chi connectivity index (χ0n) is 11.3. The van der Waals surface area contributed by atoms with Crippen molar-refractivity contribution in [1.82, 2.24) is 5.32 Å². The van der Waals surface area contributed by atoms with Crippen molar-refractivity contribution in [2.75, 3.05) is 11.9 Å². The van der Waals surface area contributed by atoms with Crippen LogP contribution in [0.15, 0.2) is 18.2 Å². The van der Waals surface area contributed by atoms with Gasteiger partial charge in [-0.2, -0.15) is 0 Å². The van der Waals surface area contributed by atoms with Crippen molar-refractivity contribution in [3.8, 4) is 0 Å². The van der Waals surface area contributed by atoms with Crippen LogP contribution in [0.4, 0.5) is 10.1 Å². The van der Waals surface area contributed by atoms with Gasteiger partial charge in [-0.25, -0.2) is 4.39 Å². The van der Waals surface area contributed by atoms with Crippen molar-refractivity contribution >= 4 is 24.0 Å². The van der Waals surface area contributed by atoms with E-state index in [1.165, 1.54) is 6.07 Å². The van der Waals surface area contributed by atoms with E-state index >= 15 is 0 Å².